The van der Waals surface area contributed by atoms with Crippen LogP contribution in [-0.2, 0) is 0 Å². The number of nitrogen functional groups attached to an aromatic ring is 1. The Morgan fingerprint density at radius 3 is 2.85 bits per heavy atom. The second kappa shape index (κ2) is 4.70. The highest BCUT2D eigenvalue weighted by Gasteiger charge is 2.07. The first-order chi connectivity index (χ1) is 9.66. The van der Waals surface area contributed by atoms with E-state index in [9.17, 15) is 4.79 Å². The van der Waals surface area contributed by atoms with Crippen molar-refractivity contribution < 1.29 is 0 Å². The van der Waals surface area contributed by atoms with Gasteiger partial charge in [0.05, 0.1) is 5.69 Å². The molecule has 4 N–H and O–H groups in total. The standard InChI is InChI=1S/C15H14N4O/c1-9-10-6-8-18-15(20)11(10)4-5-13(9)19-14-12(16)3-2-7-17-14/h2-8H,16H2,1H3,(H,17,19)(H,18,20). The summed E-state index contributed by atoms with van der Waals surface area (Å²) in [6.07, 6.45) is 3.33. The Morgan fingerprint density at radius 2 is 2.05 bits per heavy atom. The maximum atomic E-state index is 11.7. The molecule has 2 aromatic heterocycles. The van der Waals surface area contributed by atoms with Gasteiger partial charge >= 0.3 is 0 Å². The number of H-pyrrole nitrogens is 1. The van der Waals surface area contributed by atoms with Gasteiger partial charge in [-0.25, -0.2) is 4.98 Å². The molecule has 0 saturated carbocycles. The van der Waals surface area contributed by atoms with Crippen molar-refractivity contribution in [2.45, 2.75) is 6.92 Å². The highest BCUT2D eigenvalue weighted by atomic mass is 16.1. The first-order valence-electron chi connectivity index (χ1n) is 6.25. The number of nitrogens with one attached hydrogen (secondary N) is 2. The maximum absolute atomic E-state index is 11.7. The van der Waals surface area contributed by atoms with E-state index in [-0.39, 0.29) is 5.56 Å². The molecule has 0 aliphatic rings. The molecule has 20 heavy (non-hydrogen) atoms. The van der Waals surface area contributed by atoms with Crippen LogP contribution in [-0.4, -0.2) is 9.97 Å². The number of hydrogen-bond acceptors (Lipinski definition) is 4. The van der Waals surface area contributed by atoms with E-state index < -0.39 is 0 Å². The molecule has 0 radical (unpaired) electrons. The summed E-state index contributed by atoms with van der Waals surface area (Å²) in [6.45, 7) is 1.96. The van der Waals surface area contributed by atoms with Crippen LogP contribution in [0.5, 0.6) is 0 Å². The molecule has 5 heteroatoms. The minimum atomic E-state index is -0.0884. The van der Waals surface area contributed by atoms with Crippen LogP contribution in [0.25, 0.3) is 10.8 Å². The van der Waals surface area contributed by atoms with Crippen molar-refractivity contribution in [3.8, 4) is 0 Å². The molecule has 3 aromatic rings. The Balaban J connectivity index is 2.12. The van der Waals surface area contributed by atoms with E-state index in [1.807, 2.05) is 19.1 Å². The Labute approximate surface area is 115 Å². The molecule has 0 amide bonds. The Bertz CT molecular complexity index is 839. The first-order valence-corrected chi connectivity index (χ1v) is 6.25. The normalized spacial score (nSPS) is 10.7. The lowest BCUT2D eigenvalue weighted by Gasteiger charge is -2.12. The summed E-state index contributed by atoms with van der Waals surface area (Å²) < 4.78 is 0. The largest absolute Gasteiger partial charge is 0.396 e. The zero-order chi connectivity index (χ0) is 14.1. The van der Waals surface area contributed by atoms with E-state index in [2.05, 4.69) is 15.3 Å². The van der Waals surface area contributed by atoms with E-state index >= 15 is 0 Å². The number of fused-ring (bicyclic) bond motifs is 1. The molecule has 0 fully saturated rings. The average molecular weight is 266 g/mol. The molecule has 0 bridgehead atoms. The molecule has 5 nitrogen and oxygen atoms in total. The Kier molecular flexibility index (Phi) is 2.87. The molecule has 0 aliphatic heterocycles. The number of rotatable bonds is 2. The number of hydrogen-bond donors (Lipinski definition) is 3. The predicted molar refractivity (Wildman–Crippen MR) is 81.2 cm³/mol. The molecule has 0 unspecified atom stereocenters. The summed E-state index contributed by atoms with van der Waals surface area (Å²) >= 11 is 0. The lowest BCUT2D eigenvalue weighted by molar-refractivity contribution is 1.27. The first kappa shape index (κ1) is 12.2. The smallest absolute Gasteiger partial charge is 0.255 e. The minimum absolute atomic E-state index is 0.0884. The molecule has 0 aliphatic carbocycles. The van der Waals surface area contributed by atoms with Gasteiger partial charge in [-0.3, -0.25) is 4.79 Å². The molecule has 0 spiro atoms. The topological polar surface area (TPSA) is 83.8 Å². The molecular weight excluding hydrogens is 252 g/mol. The summed E-state index contributed by atoms with van der Waals surface area (Å²) in [6, 6.07) is 9.12. The zero-order valence-electron chi connectivity index (χ0n) is 11.0. The minimum Gasteiger partial charge on any atom is -0.396 e. The molecule has 0 atom stereocenters. The Hall–Kier alpha value is -2.82. The van der Waals surface area contributed by atoms with Gasteiger partial charge in [-0.05, 0) is 48.2 Å². The van der Waals surface area contributed by atoms with E-state index in [4.69, 9.17) is 5.73 Å². The van der Waals surface area contributed by atoms with Crippen molar-refractivity contribution in [1.82, 2.24) is 9.97 Å². The zero-order valence-corrected chi connectivity index (χ0v) is 11.0. The molecular formula is C15H14N4O. The number of aromatic nitrogens is 2. The predicted octanol–water partition coefficient (Wildman–Crippen LogP) is 2.56. The highest BCUT2D eigenvalue weighted by Crippen LogP contribution is 2.27. The third-order valence-electron chi connectivity index (χ3n) is 3.32. The van der Waals surface area contributed by atoms with Crippen molar-refractivity contribution >= 4 is 28.0 Å². The van der Waals surface area contributed by atoms with Gasteiger partial charge < -0.3 is 16.0 Å². The summed E-state index contributed by atoms with van der Waals surface area (Å²) in [4.78, 5) is 18.6. The fourth-order valence-corrected chi connectivity index (χ4v) is 2.20. The van der Waals surface area contributed by atoms with Crippen molar-refractivity contribution in [1.29, 1.82) is 0 Å². The second-order valence-corrected chi connectivity index (χ2v) is 4.57. The van der Waals surface area contributed by atoms with Crippen LogP contribution in [0.1, 0.15) is 5.56 Å². The van der Waals surface area contributed by atoms with Gasteiger partial charge in [0.2, 0.25) is 0 Å². The SMILES string of the molecule is Cc1c(Nc2ncccc2N)ccc2c(=O)[nH]ccc12. The lowest BCUT2D eigenvalue weighted by atomic mass is 10.1. The van der Waals surface area contributed by atoms with E-state index in [0.717, 1.165) is 16.6 Å². The number of aromatic amines is 1. The third-order valence-corrected chi connectivity index (χ3v) is 3.32. The van der Waals surface area contributed by atoms with Crippen LogP contribution >= 0.6 is 0 Å². The van der Waals surface area contributed by atoms with Crippen LogP contribution in [0.2, 0.25) is 0 Å². The van der Waals surface area contributed by atoms with Gasteiger partial charge in [0.1, 0.15) is 0 Å². The van der Waals surface area contributed by atoms with E-state index in [0.29, 0.717) is 16.9 Å². The Morgan fingerprint density at radius 1 is 1.20 bits per heavy atom. The number of anilines is 3. The average Bonchev–Trinajstić information content (AvgIpc) is 2.45. The van der Waals surface area contributed by atoms with Gasteiger partial charge in [0.25, 0.3) is 5.56 Å². The molecule has 1 aromatic carbocycles. The van der Waals surface area contributed by atoms with Gasteiger partial charge in [0.15, 0.2) is 5.82 Å². The van der Waals surface area contributed by atoms with E-state index in [1.165, 1.54) is 0 Å². The van der Waals surface area contributed by atoms with Gasteiger partial charge in [0, 0.05) is 23.5 Å². The molecule has 100 valence electrons. The summed E-state index contributed by atoms with van der Waals surface area (Å²) in [5, 5.41) is 4.79. The third kappa shape index (κ3) is 1.99. The maximum Gasteiger partial charge on any atom is 0.255 e. The second-order valence-electron chi connectivity index (χ2n) is 4.57. The summed E-state index contributed by atoms with van der Waals surface area (Å²) in [5.41, 5.74) is 8.24. The van der Waals surface area contributed by atoms with Gasteiger partial charge in [-0.2, -0.15) is 0 Å². The number of pyridine rings is 2. The number of benzene rings is 1. The van der Waals surface area contributed by atoms with Crippen LogP contribution < -0.4 is 16.6 Å². The van der Waals surface area contributed by atoms with Crippen LogP contribution in [0, 0.1) is 6.92 Å². The summed E-state index contributed by atoms with van der Waals surface area (Å²) in [5.74, 6) is 0.611. The molecule has 0 saturated heterocycles. The van der Waals surface area contributed by atoms with Gasteiger partial charge in [-0.1, -0.05) is 0 Å². The molecule has 3 rings (SSSR count). The monoisotopic (exact) mass is 266 g/mol. The van der Waals surface area contributed by atoms with Gasteiger partial charge in [-0.15, -0.1) is 0 Å². The number of aryl methyl sites for hydroxylation is 1. The lowest BCUT2D eigenvalue weighted by Crippen LogP contribution is -2.06. The fraction of sp³-hybridized carbons (Fsp3) is 0.0667. The van der Waals surface area contributed by atoms with Crippen molar-refractivity contribution in [3.05, 3.63) is 58.6 Å². The van der Waals surface area contributed by atoms with Crippen LogP contribution in [0.15, 0.2) is 47.5 Å². The van der Waals surface area contributed by atoms with E-state index in [1.54, 1.807) is 30.6 Å². The fourth-order valence-electron chi connectivity index (χ4n) is 2.20. The molecule has 2 heterocycles. The van der Waals surface area contributed by atoms with Crippen LogP contribution in [0.4, 0.5) is 17.2 Å². The quantitative estimate of drug-likeness (QED) is 0.665. The number of nitrogens with two attached hydrogens (primary N) is 1. The van der Waals surface area contributed by atoms with Crippen molar-refractivity contribution in [3.63, 3.8) is 0 Å². The summed E-state index contributed by atoms with van der Waals surface area (Å²) in [7, 11) is 0. The van der Waals surface area contributed by atoms with Crippen molar-refractivity contribution in [2.24, 2.45) is 0 Å². The van der Waals surface area contributed by atoms with Crippen LogP contribution in [0.3, 0.4) is 0 Å². The number of nitrogens with zero attached hydrogens (tertiary/aromatic N) is 1. The van der Waals surface area contributed by atoms with Crippen molar-refractivity contribution in [2.75, 3.05) is 11.1 Å². The highest BCUT2D eigenvalue weighted by molar-refractivity contribution is 5.90.